The van der Waals surface area contributed by atoms with Crippen LogP contribution in [0.1, 0.15) is 0 Å². The van der Waals surface area contributed by atoms with Gasteiger partial charge in [-0.1, -0.05) is 109 Å². The first-order valence-electron chi connectivity index (χ1n) is 17.1. The van der Waals surface area contributed by atoms with E-state index >= 15 is 0 Å². The summed E-state index contributed by atoms with van der Waals surface area (Å²) in [6.45, 7) is 0. The Morgan fingerprint density at radius 2 is 0.941 bits per heavy atom. The summed E-state index contributed by atoms with van der Waals surface area (Å²) < 4.78 is 12.7. The topological polar surface area (TPSA) is 42.4 Å². The van der Waals surface area contributed by atoms with E-state index in [4.69, 9.17) is 13.8 Å². The molecule has 0 aliphatic carbocycles. The van der Waals surface area contributed by atoms with Crippen molar-refractivity contribution >= 4 is 60.9 Å². The molecule has 0 fully saturated rings. The quantitative estimate of drug-likeness (QED) is 0.179. The van der Waals surface area contributed by atoms with Crippen molar-refractivity contribution in [3.63, 3.8) is 0 Å². The zero-order chi connectivity index (χ0) is 33.7. The Kier molecular flexibility index (Phi) is 6.78. The van der Waals surface area contributed by atoms with Crippen LogP contribution in [0.3, 0.4) is 0 Å². The molecule has 2 aromatic heterocycles. The van der Waals surface area contributed by atoms with E-state index in [0.29, 0.717) is 5.89 Å². The Morgan fingerprint density at radius 3 is 1.67 bits per heavy atom. The van der Waals surface area contributed by atoms with E-state index < -0.39 is 0 Å². The maximum absolute atomic E-state index is 6.52. The highest BCUT2D eigenvalue weighted by molar-refractivity contribution is 6.17. The fourth-order valence-electron chi connectivity index (χ4n) is 7.14. The SMILES string of the molecule is c1ccc(-c2ccc(N(c3ccc(-c4ccc5ccccc5c4)cc3)c3ccc4c(c3)oc3ccc5oc(-c6ccccc6)nc5c34)cc2)cc1. The van der Waals surface area contributed by atoms with Crippen LogP contribution < -0.4 is 4.90 Å². The van der Waals surface area contributed by atoms with Crippen LogP contribution in [0.4, 0.5) is 17.1 Å². The van der Waals surface area contributed by atoms with Gasteiger partial charge < -0.3 is 13.7 Å². The molecule has 4 heteroatoms. The van der Waals surface area contributed by atoms with E-state index in [0.717, 1.165) is 55.7 Å². The van der Waals surface area contributed by atoms with Crippen LogP contribution in [0.25, 0.3) is 77.5 Å². The molecule has 10 rings (SSSR count). The lowest BCUT2D eigenvalue weighted by Gasteiger charge is -2.26. The van der Waals surface area contributed by atoms with Gasteiger partial charge >= 0.3 is 0 Å². The third kappa shape index (κ3) is 5.13. The molecule has 0 aliphatic rings. The second kappa shape index (κ2) is 11.9. The molecule has 2 heterocycles. The number of fused-ring (bicyclic) bond motifs is 6. The van der Waals surface area contributed by atoms with Gasteiger partial charge in [-0.05, 0) is 99.8 Å². The maximum Gasteiger partial charge on any atom is 0.227 e. The molecule has 0 N–H and O–H groups in total. The molecule has 8 aromatic carbocycles. The molecule has 0 unspecified atom stereocenters. The summed E-state index contributed by atoms with van der Waals surface area (Å²) in [7, 11) is 0. The van der Waals surface area contributed by atoms with Gasteiger partial charge in [-0.25, -0.2) is 4.98 Å². The first-order valence-corrected chi connectivity index (χ1v) is 17.1. The summed E-state index contributed by atoms with van der Waals surface area (Å²) in [6.07, 6.45) is 0. The largest absolute Gasteiger partial charge is 0.456 e. The maximum atomic E-state index is 6.52. The van der Waals surface area contributed by atoms with Crippen molar-refractivity contribution in [3.05, 3.63) is 182 Å². The van der Waals surface area contributed by atoms with Crippen molar-refractivity contribution < 1.29 is 8.83 Å². The lowest BCUT2D eigenvalue weighted by molar-refractivity contribution is 0.619. The van der Waals surface area contributed by atoms with Gasteiger partial charge in [0.2, 0.25) is 5.89 Å². The van der Waals surface area contributed by atoms with E-state index in [-0.39, 0.29) is 0 Å². The average molecular weight is 655 g/mol. The van der Waals surface area contributed by atoms with Crippen molar-refractivity contribution in [3.8, 4) is 33.7 Å². The predicted molar refractivity (Wildman–Crippen MR) is 210 cm³/mol. The average Bonchev–Trinajstić information content (AvgIpc) is 3.81. The fourth-order valence-corrected chi connectivity index (χ4v) is 7.14. The Bertz CT molecular complexity index is 2840. The molecule has 0 saturated carbocycles. The van der Waals surface area contributed by atoms with E-state index in [9.17, 15) is 0 Å². The summed E-state index contributed by atoms with van der Waals surface area (Å²) in [5.74, 6) is 0.598. The second-order valence-corrected chi connectivity index (χ2v) is 12.8. The van der Waals surface area contributed by atoms with Crippen LogP contribution >= 0.6 is 0 Å². The second-order valence-electron chi connectivity index (χ2n) is 12.8. The summed E-state index contributed by atoms with van der Waals surface area (Å²) in [5, 5.41) is 4.43. The molecule has 10 aromatic rings. The van der Waals surface area contributed by atoms with Crippen LogP contribution in [0.2, 0.25) is 0 Å². The summed E-state index contributed by atoms with van der Waals surface area (Å²) in [6, 6.07) is 63.5. The van der Waals surface area contributed by atoms with Crippen molar-refractivity contribution in [1.82, 2.24) is 4.98 Å². The minimum Gasteiger partial charge on any atom is -0.456 e. The number of hydrogen-bond donors (Lipinski definition) is 0. The highest BCUT2D eigenvalue weighted by atomic mass is 16.4. The molecule has 0 atom stereocenters. The van der Waals surface area contributed by atoms with Crippen LogP contribution in [0.5, 0.6) is 0 Å². The van der Waals surface area contributed by atoms with Gasteiger partial charge in [0.25, 0.3) is 0 Å². The Morgan fingerprint density at radius 1 is 0.373 bits per heavy atom. The molecule has 0 radical (unpaired) electrons. The Balaban J connectivity index is 1.08. The van der Waals surface area contributed by atoms with Gasteiger partial charge in [0, 0.05) is 34.1 Å². The normalized spacial score (nSPS) is 11.5. The number of aromatic nitrogens is 1. The molecular weight excluding hydrogens is 625 g/mol. The number of furan rings is 1. The molecule has 0 amide bonds. The third-order valence-corrected chi connectivity index (χ3v) is 9.70. The van der Waals surface area contributed by atoms with Crippen molar-refractivity contribution in [2.45, 2.75) is 0 Å². The molecule has 0 spiro atoms. The van der Waals surface area contributed by atoms with E-state index in [1.165, 1.54) is 33.0 Å². The zero-order valence-corrected chi connectivity index (χ0v) is 27.5. The van der Waals surface area contributed by atoms with Gasteiger partial charge in [-0.15, -0.1) is 0 Å². The highest BCUT2D eigenvalue weighted by Crippen LogP contribution is 2.42. The lowest BCUT2D eigenvalue weighted by Crippen LogP contribution is -2.09. The number of oxazole rings is 1. The molecule has 0 bridgehead atoms. The van der Waals surface area contributed by atoms with Gasteiger partial charge in [0.15, 0.2) is 5.58 Å². The number of rotatable bonds is 6. The van der Waals surface area contributed by atoms with Gasteiger partial charge in [0.05, 0.1) is 5.39 Å². The fraction of sp³-hybridized carbons (Fsp3) is 0. The Labute approximate surface area is 294 Å². The van der Waals surface area contributed by atoms with Crippen LogP contribution in [0, 0.1) is 0 Å². The minimum atomic E-state index is 0.598. The molecule has 4 nitrogen and oxygen atoms in total. The molecular formula is C47H30N2O2. The molecule has 0 aliphatic heterocycles. The molecule has 51 heavy (non-hydrogen) atoms. The van der Waals surface area contributed by atoms with Gasteiger partial charge in [-0.2, -0.15) is 0 Å². The summed E-state index contributed by atoms with van der Waals surface area (Å²) >= 11 is 0. The molecule has 240 valence electrons. The standard InChI is InChI=1S/C47H30N2O2/c1-3-9-31(10-4-1)33-17-21-38(22-18-33)49(39-23-19-34(20-24-39)37-16-15-32-11-7-8-14-36(32)29-37)40-25-26-41-44(30-40)50-42-27-28-43-46(45(41)42)48-47(51-43)35-12-5-2-6-13-35/h1-30H. The van der Waals surface area contributed by atoms with Crippen molar-refractivity contribution in [2.24, 2.45) is 0 Å². The summed E-state index contributed by atoms with van der Waals surface area (Å²) in [5.41, 5.74) is 11.9. The summed E-state index contributed by atoms with van der Waals surface area (Å²) in [4.78, 5) is 7.21. The van der Waals surface area contributed by atoms with Gasteiger partial charge in [-0.3, -0.25) is 0 Å². The third-order valence-electron chi connectivity index (χ3n) is 9.70. The monoisotopic (exact) mass is 654 g/mol. The van der Waals surface area contributed by atoms with E-state index in [2.05, 4.69) is 138 Å². The van der Waals surface area contributed by atoms with E-state index in [1.54, 1.807) is 0 Å². The smallest absolute Gasteiger partial charge is 0.227 e. The predicted octanol–water partition coefficient (Wildman–Crippen LogP) is 13.4. The first-order chi connectivity index (χ1) is 25.2. The minimum absolute atomic E-state index is 0.598. The lowest BCUT2D eigenvalue weighted by atomic mass is 10.0. The number of hydrogen-bond acceptors (Lipinski definition) is 4. The van der Waals surface area contributed by atoms with E-state index in [1.807, 2.05) is 48.5 Å². The number of benzene rings is 8. The highest BCUT2D eigenvalue weighted by Gasteiger charge is 2.19. The van der Waals surface area contributed by atoms with Crippen LogP contribution in [-0.4, -0.2) is 4.98 Å². The van der Waals surface area contributed by atoms with Gasteiger partial charge in [0.1, 0.15) is 16.7 Å². The van der Waals surface area contributed by atoms with Crippen LogP contribution in [0.15, 0.2) is 191 Å². The van der Waals surface area contributed by atoms with Crippen molar-refractivity contribution in [1.29, 1.82) is 0 Å². The Hall–Kier alpha value is -6.91. The van der Waals surface area contributed by atoms with Crippen LogP contribution in [-0.2, 0) is 0 Å². The molecule has 0 saturated heterocycles. The number of nitrogens with zero attached hydrogens (tertiary/aromatic N) is 2. The number of anilines is 3. The first kappa shape index (κ1) is 29.0. The zero-order valence-electron chi connectivity index (χ0n) is 27.5. The van der Waals surface area contributed by atoms with Crippen molar-refractivity contribution in [2.75, 3.05) is 4.90 Å².